The minimum Gasteiger partial charge on any atom is -0.494 e. The number of fused-ring (bicyclic) bond motifs is 1. The Morgan fingerprint density at radius 1 is 1.09 bits per heavy atom. The van der Waals surface area contributed by atoms with Crippen molar-refractivity contribution in [3.05, 3.63) is 70.9 Å². The van der Waals surface area contributed by atoms with Gasteiger partial charge in [0.2, 0.25) is 5.95 Å². The normalized spacial score (nSPS) is 11.3. The zero-order valence-corrected chi connectivity index (χ0v) is 25.2. The van der Waals surface area contributed by atoms with Crippen LogP contribution in [0.1, 0.15) is 18.7 Å². The number of anilines is 3. The van der Waals surface area contributed by atoms with Gasteiger partial charge in [-0.2, -0.15) is 0 Å². The second-order valence-corrected chi connectivity index (χ2v) is 10.7. The molecule has 0 bridgehead atoms. The number of H-pyrrole nitrogens is 1. The van der Waals surface area contributed by atoms with Crippen LogP contribution >= 0.6 is 0 Å². The summed E-state index contributed by atoms with van der Waals surface area (Å²) in [4.78, 5) is 32.9. The average Bonchev–Trinajstić information content (AvgIpc) is 3.67. The molecule has 3 N–H and O–H groups in total. The van der Waals surface area contributed by atoms with Gasteiger partial charge in [0.25, 0.3) is 5.69 Å². The van der Waals surface area contributed by atoms with E-state index in [1.54, 1.807) is 24.6 Å². The molecule has 13 heteroatoms. The van der Waals surface area contributed by atoms with E-state index in [0.29, 0.717) is 53.6 Å². The lowest BCUT2D eigenvalue weighted by atomic mass is 10.1. The summed E-state index contributed by atoms with van der Waals surface area (Å²) in [5.41, 5.74) is 4.30. The van der Waals surface area contributed by atoms with E-state index in [1.807, 2.05) is 55.2 Å². The summed E-state index contributed by atoms with van der Waals surface area (Å²) in [5, 5.41) is 25.4. The number of hydrogen-bond acceptors (Lipinski definition) is 11. The topological polar surface area (TPSA) is 159 Å². The van der Waals surface area contributed by atoms with Crippen LogP contribution in [0.5, 0.6) is 5.75 Å². The third kappa shape index (κ3) is 6.79. The number of benzene rings is 2. The first-order valence-corrected chi connectivity index (χ1v) is 14.3. The van der Waals surface area contributed by atoms with E-state index < -0.39 is 4.92 Å². The first-order chi connectivity index (χ1) is 21.3. The number of imidazole rings is 1. The molecule has 0 aliphatic rings. The van der Waals surface area contributed by atoms with Crippen LogP contribution in [0.4, 0.5) is 23.0 Å². The molecule has 0 radical (unpaired) electrons. The Morgan fingerprint density at radius 3 is 2.68 bits per heavy atom. The second kappa shape index (κ2) is 13.5. The zero-order chi connectivity index (χ0) is 31.2. The van der Waals surface area contributed by atoms with Gasteiger partial charge in [0.05, 0.1) is 41.1 Å². The summed E-state index contributed by atoms with van der Waals surface area (Å²) >= 11 is 0. The summed E-state index contributed by atoms with van der Waals surface area (Å²) in [6.45, 7) is 1.44. The van der Waals surface area contributed by atoms with Gasteiger partial charge in [0, 0.05) is 62.4 Å². The van der Waals surface area contributed by atoms with Crippen LogP contribution in [0.3, 0.4) is 0 Å². The largest absolute Gasteiger partial charge is 0.494 e. The highest BCUT2D eigenvalue weighted by Crippen LogP contribution is 2.39. The zero-order valence-electron chi connectivity index (χ0n) is 25.2. The fourth-order valence-corrected chi connectivity index (χ4v) is 4.87. The Bertz CT molecular complexity index is 1750. The number of aliphatic hydroxyl groups is 1. The molecular formula is C31H36N8O5. The first kappa shape index (κ1) is 30.4. The molecule has 5 aromatic rings. The Balaban J connectivity index is 1.50. The number of aromatic amines is 1. The molecule has 0 amide bonds. The molecule has 13 nitrogen and oxygen atoms in total. The van der Waals surface area contributed by atoms with Crippen LogP contribution in [0.2, 0.25) is 0 Å². The van der Waals surface area contributed by atoms with Gasteiger partial charge in [-0.05, 0) is 45.1 Å². The first-order valence-electron chi connectivity index (χ1n) is 14.3. The monoisotopic (exact) mass is 600 g/mol. The van der Waals surface area contributed by atoms with Crippen molar-refractivity contribution in [3.8, 4) is 28.4 Å². The number of ether oxygens (including phenoxy) is 1. The number of nitrogens with zero attached hydrogens (tertiary/aromatic N) is 6. The molecule has 0 saturated heterocycles. The number of aliphatic hydroxyl groups excluding tert-OH is 1. The highest BCUT2D eigenvalue weighted by molar-refractivity contribution is 5.86. The van der Waals surface area contributed by atoms with Crippen molar-refractivity contribution < 1.29 is 19.2 Å². The maximum Gasteiger partial charge on any atom is 0.294 e. The number of likely N-dealkylation sites (N-methyl/N-ethyl adjacent to an activating group) is 2. The van der Waals surface area contributed by atoms with Gasteiger partial charge >= 0.3 is 0 Å². The summed E-state index contributed by atoms with van der Waals surface area (Å²) in [7, 11) is 7.23. The van der Waals surface area contributed by atoms with Gasteiger partial charge in [-0.1, -0.05) is 12.1 Å². The van der Waals surface area contributed by atoms with Crippen molar-refractivity contribution in [1.82, 2.24) is 24.8 Å². The Kier molecular flexibility index (Phi) is 9.36. The van der Waals surface area contributed by atoms with Crippen LogP contribution in [0.25, 0.3) is 33.6 Å². The number of aromatic nitrogens is 4. The fourth-order valence-electron chi connectivity index (χ4n) is 4.87. The smallest absolute Gasteiger partial charge is 0.294 e. The third-order valence-electron chi connectivity index (χ3n) is 7.25. The van der Waals surface area contributed by atoms with Crippen LogP contribution in [-0.4, -0.2) is 82.8 Å². The molecule has 0 aliphatic carbocycles. The molecule has 0 atom stereocenters. The van der Waals surface area contributed by atoms with Crippen LogP contribution in [0, 0.1) is 10.1 Å². The van der Waals surface area contributed by atoms with E-state index in [-0.39, 0.29) is 18.2 Å². The van der Waals surface area contributed by atoms with Crippen LogP contribution < -0.4 is 15.0 Å². The molecule has 0 aliphatic heterocycles. The minimum atomic E-state index is -0.408. The number of furan rings is 1. The lowest BCUT2D eigenvalue weighted by Gasteiger charge is -2.22. The average molecular weight is 601 g/mol. The van der Waals surface area contributed by atoms with E-state index in [0.717, 1.165) is 35.3 Å². The highest BCUT2D eigenvalue weighted by atomic mass is 16.6. The number of unbranched alkanes of at least 4 members (excludes halogenated alkanes) is 1. The molecular weight excluding hydrogens is 564 g/mol. The molecule has 0 unspecified atom stereocenters. The van der Waals surface area contributed by atoms with Crippen molar-refractivity contribution in [2.24, 2.45) is 0 Å². The number of hydrogen-bond donors (Lipinski definition) is 3. The van der Waals surface area contributed by atoms with Gasteiger partial charge in [-0.25, -0.2) is 15.0 Å². The van der Waals surface area contributed by atoms with Crippen molar-refractivity contribution in [2.75, 3.05) is 58.2 Å². The van der Waals surface area contributed by atoms with Crippen molar-refractivity contribution in [1.29, 1.82) is 0 Å². The van der Waals surface area contributed by atoms with Crippen LogP contribution in [-0.2, 0) is 6.42 Å². The minimum absolute atomic E-state index is 0.0672. The molecule has 230 valence electrons. The number of nitro benzene ring substituents is 1. The Labute approximate surface area is 254 Å². The predicted molar refractivity (Wildman–Crippen MR) is 170 cm³/mol. The standard InChI is InChI=1S/C31H36N8O5/c1-37(2)13-14-38(3)24-19-27(43-4)23(18-25(24)39(41)42)34-31-32-12-10-22(33-31)30-29(35-28(36-30)7-5-6-15-40)21-9-8-20-11-16-44-26(20)17-21/h8-12,16-19,40H,5-7,13-15H2,1-4H3,(H,35,36)(H,32,33,34). The maximum absolute atomic E-state index is 12.1. The fraction of sp³-hybridized carbons (Fsp3) is 0.323. The molecule has 2 aromatic carbocycles. The van der Waals surface area contributed by atoms with E-state index in [1.165, 1.54) is 13.2 Å². The third-order valence-corrected chi connectivity index (χ3v) is 7.25. The molecule has 3 heterocycles. The van der Waals surface area contributed by atoms with E-state index in [4.69, 9.17) is 19.1 Å². The summed E-state index contributed by atoms with van der Waals surface area (Å²) < 4.78 is 11.2. The Hall–Kier alpha value is -5.01. The van der Waals surface area contributed by atoms with Gasteiger partial charge in [0.1, 0.15) is 22.8 Å². The van der Waals surface area contributed by atoms with Crippen molar-refractivity contribution in [3.63, 3.8) is 0 Å². The second-order valence-electron chi connectivity index (χ2n) is 10.7. The summed E-state index contributed by atoms with van der Waals surface area (Å²) in [5.74, 6) is 1.41. The van der Waals surface area contributed by atoms with Gasteiger partial charge in [0.15, 0.2) is 0 Å². The number of methoxy groups -OCH3 is 1. The maximum atomic E-state index is 12.1. The molecule has 0 fully saturated rings. The van der Waals surface area contributed by atoms with E-state index in [2.05, 4.69) is 15.3 Å². The summed E-state index contributed by atoms with van der Waals surface area (Å²) in [6.07, 6.45) is 5.36. The highest BCUT2D eigenvalue weighted by Gasteiger charge is 2.23. The van der Waals surface area contributed by atoms with Crippen LogP contribution in [0.15, 0.2) is 59.3 Å². The number of aryl methyl sites for hydroxylation is 1. The predicted octanol–water partition coefficient (Wildman–Crippen LogP) is 5.25. The lowest BCUT2D eigenvalue weighted by Crippen LogP contribution is -2.28. The lowest BCUT2D eigenvalue weighted by molar-refractivity contribution is -0.384. The van der Waals surface area contributed by atoms with Gasteiger partial charge < -0.3 is 34.4 Å². The number of nitrogens with one attached hydrogen (secondary N) is 2. The molecule has 3 aromatic heterocycles. The van der Waals surface area contributed by atoms with E-state index >= 15 is 0 Å². The molecule has 5 rings (SSSR count). The van der Waals surface area contributed by atoms with E-state index in [9.17, 15) is 15.2 Å². The number of rotatable bonds is 14. The quantitative estimate of drug-likeness (QED) is 0.0868. The Morgan fingerprint density at radius 2 is 1.93 bits per heavy atom. The molecule has 0 spiro atoms. The molecule has 44 heavy (non-hydrogen) atoms. The number of nitro groups is 1. The van der Waals surface area contributed by atoms with Crippen molar-refractivity contribution in [2.45, 2.75) is 19.3 Å². The SMILES string of the molecule is COc1cc(N(C)CCN(C)C)c([N+](=O)[O-])cc1Nc1nccc(-c2[nH]c(CCCCO)nc2-c2ccc3ccoc3c2)n1. The van der Waals surface area contributed by atoms with Crippen molar-refractivity contribution >= 4 is 34.0 Å². The van der Waals surface area contributed by atoms with Gasteiger partial charge in [-0.15, -0.1) is 0 Å². The van der Waals surface area contributed by atoms with Gasteiger partial charge in [-0.3, -0.25) is 10.1 Å². The summed E-state index contributed by atoms with van der Waals surface area (Å²) in [6, 6.07) is 12.7. The molecule has 0 saturated carbocycles.